The molecule has 20 heavy (non-hydrogen) atoms. The lowest BCUT2D eigenvalue weighted by molar-refractivity contribution is 0.316. The molecule has 3 nitrogen and oxygen atoms in total. The molecule has 1 atom stereocenters. The summed E-state index contributed by atoms with van der Waals surface area (Å²) in [6.45, 7) is 12.4. The summed E-state index contributed by atoms with van der Waals surface area (Å²) in [5, 5.41) is 0. The molecule has 1 aromatic rings. The molecule has 0 radical (unpaired) electrons. The van der Waals surface area contributed by atoms with E-state index in [0.717, 1.165) is 29.9 Å². The maximum Gasteiger partial charge on any atom is 0.124 e. The van der Waals surface area contributed by atoms with E-state index >= 15 is 0 Å². The fourth-order valence-electron chi connectivity index (χ4n) is 2.29. The summed E-state index contributed by atoms with van der Waals surface area (Å²) in [6.07, 6.45) is 8.27. The molecule has 1 aliphatic carbocycles. The van der Waals surface area contributed by atoms with Gasteiger partial charge in [-0.15, -0.1) is 0 Å². The molecule has 2 rings (SSSR count). The molecule has 1 unspecified atom stereocenters. The molecule has 3 N–H and O–H groups in total. The van der Waals surface area contributed by atoms with E-state index in [0.29, 0.717) is 0 Å². The second-order valence-corrected chi connectivity index (χ2v) is 6.69. The third-order valence-electron chi connectivity index (χ3n) is 3.87. The maximum atomic E-state index is 6.24. The first-order valence-corrected chi connectivity index (χ1v) is 7.15. The van der Waals surface area contributed by atoms with Gasteiger partial charge in [0.05, 0.1) is 17.9 Å². The number of nitrogens with two attached hydrogens (primary N) is 1. The van der Waals surface area contributed by atoms with Crippen LogP contribution in [0, 0.1) is 5.41 Å². The molecule has 0 aliphatic heterocycles. The fraction of sp³-hybridized carbons (Fsp3) is 0.471. The van der Waals surface area contributed by atoms with Crippen molar-refractivity contribution in [2.75, 3.05) is 0 Å². The van der Waals surface area contributed by atoms with Crippen LogP contribution in [0.1, 0.15) is 58.1 Å². The highest BCUT2D eigenvalue weighted by atomic mass is 15.0. The van der Waals surface area contributed by atoms with Crippen molar-refractivity contribution < 1.29 is 0 Å². The van der Waals surface area contributed by atoms with E-state index in [1.807, 2.05) is 6.20 Å². The number of imidazole rings is 1. The highest BCUT2D eigenvalue weighted by Crippen LogP contribution is 2.31. The van der Waals surface area contributed by atoms with Gasteiger partial charge in [0.1, 0.15) is 5.82 Å². The van der Waals surface area contributed by atoms with Gasteiger partial charge in [0.15, 0.2) is 0 Å². The topological polar surface area (TPSA) is 54.7 Å². The Labute approximate surface area is 121 Å². The van der Waals surface area contributed by atoms with Crippen LogP contribution in [-0.4, -0.2) is 9.97 Å². The standard InChI is InChI=1S/C17H25N3/c1-11(2)12-6-8-13(9-7-12)14-10-19-16(20-14)15(18)17(3,4)5/h6,8,10,15H,1,7,9,18H2,2-5H3,(H,19,20). The van der Waals surface area contributed by atoms with Gasteiger partial charge in [0, 0.05) is 0 Å². The van der Waals surface area contributed by atoms with Gasteiger partial charge in [0.25, 0.3) is 0 Å². The molecule has 0 amide bonds. The van der Waals surface area contributed by atoms with Crippen molar-refractivity contribution in [3.05, 3.63) is 47.6 Å². The molecule has 0 fully saturated rings. The lowest BCUT2D eigenvalue weighted by atomic mass is 9.87. The van der Waals surface area contributed by atoms with Gasteiger partial charge in [-0.1, -0.05) is 45.1 Å². The fourth-order valence-corrected chi connectivity index (χ4v) is 2.29. The highest BCUT2D eigenvalue weighted by Gasteiger charge is 2.25. The van der Waals surface area contributed by atoms with Crippen molar-refractivity contribution in [1.82, 2.24) is 9.97 Å². The first-order valence-electron chi connectivity index (χ1n) is 7.15. The van der Waals surface area contributed by atoms with Crippen LogP contribution < -0.4 is 5.73 Å². The molecular formula is C17H25N3. The number of allylic oxidation sites excluding steroid dienone is 5. The van der Waals surface area contributed by atoms with Gasteiger partial charge < -0.3 is 10.7 Å². The summed E-state index contributed by atoms with van der Waals surface area (Å²) in [7, 11) is 0. The van der Waals surface area contributed by atoms with Crippen LogP contribution >= 0.6 is 0 Å². The van der Waals surface area contributed by atoms with E-state index < -0.39 is 0 Å². The molecule has 0 aromatic carbocycles. The van der Waals surface area contributed by atoms with Crippen molar-refractivity contribution >= 4 is 5.57 Å². The second-order valence-electron chi connectivity index (χ2n) is 6.69. The average Bonchev–Trinajstić information content (AvgIpc) is 2.86. The highest BCUT2D eigenvalue weighted by molar-refractivity contribution is 5.66. The van der Waals surface area contributed by atoms with Crippen molar-refractivity contribution in [3.8, 4) is 0 Å². The zero-order valence-corrected chi connectivity index (χ0v) is 13.0. The summed E-state index contributed by atoms with van der Waals surface area (Å²) in [5.41, 5.74) is 11.1. The van der Waals surface area contributed by atoms with E-state index in [4.69, 9.17) is 5.73 Å². The van der Waals surface area contributed by atoms with Crippen LogP contribution in [0.25, 0.3) is 5.57 Å². The minimum absolute atomic E-state index is 0.00307. The number of rotatable bonds is 3. The molecule has 1 aliphatic rings. The lowest BCUT2D eigenvalue weighted by Crippen LogP contribution is -2.27. The summed E-state index contributed by atoms with van der Waals surface area (Å²) >= 11 is 0. The first-order chi connectivity index (χ1) is 9.29. The summed E-state index contributed by atoms with van der Waals surface area (Å²) < 4.78 is 0. The second kappa shape index (κ2) is 5.41. The Morgan fingerprint density at radius 2 is 2.05 bits per heavy atom. The zero-order chi connectivity index (χ0) is 14.9. The van der Waals surface area contributed by atoms with Gasteiger partial charge >= 0.3 is 0 Å². The van der Waals surface area contributed by atoms with Gasteiger partial charge in [-0.05, 0) is 36.3 Å². The van der Waals surface area contributed by atoms with E-state index in [9.17, 15) is 0 Å². The third kappa shape index (κ3) is 3.10. The van der Waals surface area contributed by atoms with Crippen LogP contribution in [0.2, 0.25) is 0 Å². The number of nitrogens with zero attached hydrogens (tertiary/aromatic N) is 1. The number of hydrogen-bond acceptors (Lipinski definition) is 2. The molecule has 3 heteroatoms. The van der Waals surface area contributed by atoms with Gasteiger partial charge in [0.2, 0.25) is 0 Å². The van der Waals surface area contributed by atoms with E-state index in [1.165, 1.54) is 11.1 Å². The Balaban J connectivity index is 2.21. The molecule has 0 bridgehead atoms. The largest absolute Gasteiger partial charge is 0.341 e. The van der Waals surface area contributed by atoms with Crippen molar-refractivity contribution in [3.63, 3.8) is 0 Å². The van der Waals surface area contributed by atoms with Crippen LogP contribution in [-0.2, 0) is 0 Å². The number of H-pyrrole nitrogens is 1. The number of hydrogen-bond donors (Lipinski definition) is 2. The van der Waals surface area contributed by atoms with Gasteiger partial charge in [-0.25, -0.2) is 4.98 Å². The number of aromatic nitrogens is 2. The van der Waals surface area contributed by atoms with Crippen LogP contribution in [0.3, 0.4) is 0 Å². The summed E-state index contributed by atoms with van der Waals surface area (Å²) in [4.78, 5) is 7.83. The van der Waals surface area contributed by atoms with Gasteiger partial charge in [-0.3, -0.25) is 0 Å². The predicted octanol–water partition coefficient (Wildman–Crippen LogP) is 4.14. The van der Waals surface area contributed by atoms with E-state index in [2.05, 4.69) is 56.4 Å². The Hall–Kier alpha value is -1.61. The van der Waals surface area contributed by atoms with Crippen molar-refractivity contribution in [2.24, 2.45) is 11.1 Å². The molecule has 0 saturated heterocycles. The summed E-state index contributed by atoms with van der Waals surface area (Å²) in [5.74, 6) is 0.864. The monoisotopic (exact) mass is 271 g/mol. The van der Waals surface area contributed by atoms with Crippen molar-refractivity contribution in [2.45, 2.75) is 46.6 Å². The molecule has 0 spiro atoms. The third-order valence-corrected chi connectivity index (χ3v) is 3.87. The Kier molecular flexibility index (Phi) is 4.00. The smallest absolute Gasteiger partial charge is 0.124 e. The SMILES string of the molecule is C=C(C)C1=CC=C(c2cnc(C(N)C(C)(C)C)[nH]2)CC1. The normalized spacial score (nSPS) is 17.4. The van der Waals surface area contributed by atoms with E-state index in [-0.39, 0.29) is 11.5 Å². The number of aromatic amines is 1. The van der Waals surface area contributed by atoms with Crippen LogP contribution in [0.5, 0.6) is 0 Å². The Morgan fingerprint density at radius 3 is 2.55 bits per heavy atom. The Bertz CT molecular complexity index is 567. The first kappa shape index (κ1) is 14.8. The van der Waals surface area contributed by atoms with Crippen LogP contribution in [0.15, 0.2) is 36.1 Å². The average molecular weight is 271 g/mol. The van der Waals surface area contributed by atoms with Crippen LogP contribution in [0.4, 0.5) is 0 Å². The molecule has 0 saturated carbocycles. The molecule has 108 valence electrons. The summed E-state index contributed by atoms with van der Waals surface area (Å²) in [6, 6.07) is -0.0815. The predicted molar refractivity (Wildman–Crippen MR) is 85.1 cm³/mol. The minimum atomic E-state index is -0.0815. The maximum absolute atomic E-state index is 6.24. The Morgan fingerprint density at radius 1 is 1.35 bits per heavy atom. The lowest BCUT2D eigenvalue weighted by Gasteiger charge is -2.25. The number of nitrogens with one attached hydrogen (secondary N) is 1. The molecular weight excluding hydrogens is 246 g/mol. The van der Waals surface area contributed by atoms with Gasteiger partial charge in [-0.2, -0.15) is 0 Å². The minimum Gasteiger partial charge on any atom is -0.341 e. The van der Waals surface area contributed by atoms with Crippen molar-refractivity contribution in [1.29, 1.82) is 0 Å². The molecule has 1 heterocycles. The molecule has 1 aromatic heterocycles. The van der Waals surface area contributed by atoms with E-state index in [1.54, 1.807) is 0 Å². The quantitative estimate of drug-likeness (QED) is 0.868. The zero-order valence-electron chi connectivity index (χ0n) is 13.0.